The van der Waals surface area contributed by atoms with Crippen molar-refractivity contribution in [3.05, 3.63) is 29.8 Å². The summed E-state index contributed by atoms with van der Waals surface area (Å²) < 4.78 is 5.14. The zero-order valence-corrected chi connectivity index (χ0v) is 12.4. The van der Waals surface area contributed by atoms with Crippen LogP contribution in [0.15, 0.2) is 24.3 Å². The predicted octanol–water partition coefficient (Wildman–Crippen LogP) is 0.327. The number of amides is 2. The molecule has 0 aliphatic carbocycles. The largest absolute Gasteiger partial charge is 0.497 e. The lowest BCUT2D eigenvalue weighted by Crippen LogP contribution is -2.54. The number of nitrogens with zero attached hydrogens (tertiary/aromatic N) is 2. The van der Waals surface area contributed by atoms with Crippen LogP contribution in [0.25, 0.3) is 0 Å². The number of hydrogen-bond donors (Lipinski definition) is 1. The Kier molecular flexibility index (Phi) is 4.80. The highest BCUT2D eigenvalue weighted by molar-refractivity contribution is 5.94. The van der Waals surface area contributed by atoms with E-state index in [0.29, 0.717) is 37.5 Å². The Morgan fingerprint density at radius 2 is 1.90 bits per heavy atom. The standard InChI is InChI=1S/C15H21N3O3/c1-11(14(16)19)17-6-8-18(9-7-17)15(20)12-4-3-5-13(10-12)21-2/h3-5,10-11H,6-9H2,1-2H3,(H2,16,19). The summed E-state index contributed by atoms with van der Waals surface area (Å²) in [7, 11) is 1.58. The van der Waals surface area contributed by atoms with Crippen molar-refractivity contribution >= 4 is 11.8 Å². The van der Waals surface area contributed by atoms with E-state index in [0.717, 1.165) is 0 Å². The van der Waals surface area contributed by atoms with Crippen molar-refractivity contribution in [1.82, 2.24) is 9.80 Å². The predicted molar refractivity (Wildman–Crippen MR) is 79.1 cm³/mol. The monoisotopic (exact) mass is 291 g/mol. The van der Waals surface area contributed by atoms with Crippen LogP contribution in [-0.4, -0.2) is 60.9 Å². The molecule has 1 unspecified atom stereocenters. The number of methoxy groups -OCH3 is 1. The Bertz CT molecular complexity index is 525. The maximum Gasteiger partial charge on any atom is 0.254 e. The zero-order chi connectivity index (χ0) is 15.4. The second kappa shape index (κ2) is 6.58. The molecule has 0 spiro atoms. The first kappa shape index (κ1) is 15.3. The van der Waals surface area contributed by atoms with Crippen molar-refractivity contribution in [2.24, 2.45) is 5.73 Å². The topological polar surface area (TPSA) is 75.9 Å². The molecule has 114 valence electrons. The van der Waals surface area contributed by atoms with Gasteiger partial charge in [-0.15, -0.1) is 0 Å². The van der Waals surface area contributed by atoms with Gasteiger partial charge in [0.15, 0.2) is 0 Å². The minimum atomic E-state index is -0.331. The fraction of sp³-hybridized carbons (Fsp3) is 0.467. The van der Waals surface area contributed by atoms with E-state index >= 15 is 0 Å². The van der Waals surface area contributed by atoms with Crippen LogP contribution in [-0.2, 0) is 4.79 Å². The Morgan fingerprint density at radius 3 is 2.48 bits per heavy atom. The molecule has 6 nitrogen and oxygen atoms in total. The van der Waals surface area contributed by atoms with Gasteiger partial charge in [-0.2, -0.15) is 0 Å². The van der Waals surface area contributed by atoms with Crippen LogP contribution in [0.4, 0.5) is 0 Å². The van der Waals surface area contributed by atoms with Gasteiger partial charge in [0.1, 0.15) is 5.75 Å². The maximum absolute atomic E-state index is 12.4. The van der Waals surface area contributed by atoms with E-state index in [4.69, 9.17) is 10.5 Å². The number of carbonyl (C=O) groups excluding carboxylic acids is 2. The van der Waals surface area contributed by atoms with Crippen molar-refractivity contribution in [2.45, 2.75) is 13.0 Å². The van der Waals surface area contributed by atoms with E-state index in [9.17, 15) is 9.59 Å². The first-order chi connectivity index (χ1) is 10.0. The summed E-state index contributed by atoms with van der Waals surface area (Å²) in [5.74, 6) is 0.324. The van der Waals surface area contributed by atoms with Crippen LogP contribution in [0.2, 0.25) is 0 Å². The number of primary amides is 1. The van der Waals surface area contributed by atoms with Crippen molar-refractivity contribution in [3.8, 4) is 5.75 Å². The first-order valence-electron chi connectivity index (χ1n) is 6.99. The normalized spacial score (nSPS) is 17.3. The molecule has 0 saturated carbocycles. The Balaban J connectivity index is 1.98. The lowest BCUT2D eigenvalue weighted by Gasteiger charge is -2.37. The van der Waals surface area contributed by atoms with Gasteiger partial charge < -0.3 is 15.4 Å². The van der Waals surface area contributed by atoms with Crippen LogP contribution in [0.1, 0.15) is 17.3 Å². The van der Waals surface area contributed by atoms with Crippen LogP contribution in [0.3, 0.4) is 0 Å². The smallest absolute Gasteiger partial charge is 0.254 e. The Hall–Kier alpha value is -2.08. The second-order valence-electron chi connectivity index (χ2n) is 5.14. The molecular formula is C15H21N3O3. The van der Waals surface area contributed by atoms with E-state index in [1.807, 2.05) is 11.0 Å². The van der Waals surface area contributed by atoms with Gasteiger partial charge >= 0.3 is 0 Å². The first-order valence-corrected chi connectivity index (χ1v) is 6.99. The minimum absolute atomic E-state index is 0.0136. The molecule has 1 atom stereocenters. The number of rotatable bonds is 4. The molecule has 1 saturated heterocycles. The van der Waals surface area contributed by atoms with Crippen molar-refractivity contribution in [2.75, 3.05) is 33.3 Å². The molecule has 1 fully saturated rings. The number of ether oxygens (including phenoxy) is 1. The third-order valence-electron chi connectivity index (χ3n) is 3.88. The fourth-order valence-electron chi connectivity index (χ4n) is 2.43. The summed E-state index contributed by atoms with van der Waals surface area (Å²) in [6.07, 6.45) is 0. The van der Waals surface area contributed by atoms with Crippen molar-refractivity contribution in [3.63, 3.8) is 0 Å². The summed E-state index contributed by atoms with van der Waals surface area (Å²) in [5, 5.41) is 0. The second-order valence-corrected chi connectivity index (χ2v) is 5.14. The summed E-state index contributed by atoms with van der Waals surface area (Å²) in [4.78, 5) is 27.4. The number of carbonyl (C=O) groups is 2. The summed E-state index contributed by atoms with van der Waals surface area (Å²) in [6, 6.07) is 6.84. The van der Waals surface area contributed by atoms with E-state index in [1.165, 1.54) is 0 Å². The third-order valence-corrected chi connectivity index (χ3v) is 3.88. The molecule has 6 heteroatoms. The van der Waals surface area contributed by atoms with Gasteiger partial charge in [-0.25, -0.2) is 0 Å². The molecular weight excluding hydrogens is 270 g/mol. The Morgan fingerprint density at radius 1 is 1.24 bits per heavy atom. The zero-order valence-electron chi connectivity index (χ0n) is 12.4. The fourth-order valence-corrected chi connectivity index (χ4v) is 2.43. The number of piperazine rings is 1. The highest BCUT2D eigenvalue weighted by atomic mass is 16.5. The molecule has 21 heavy (non-hydrogen) atoms. The molecule has 2 N–H and O–H groups in total. The van der Waals surface area contributed by atoms with E-state index < -0.39 is 0 Å². The van der Waals surface area contributed by atoms with Gasteiger partial charge in [0.25, 0.3) is 5.91 Å². The molecule has 0 radical (unpaired) electrons. The van der Waals surface area contributed by atoms with Crippen LogP contribution >= 0.6 is 0 Å². The quantitative estimate of drug-likeness (QED) is 0.867. The van der Waals surface area contributed by atoms with Gasteiger partial charge in [0, 0.05) is 31.7 Å². The summed E-state index contributed by atoms with van der Waals surface area (Å²) in [5.41, 5.74) is 5.93. The molecule has 1 heterocycles. The van der Waals surface area contributed by atoms with Gasteiger partial charge in [-0.3, -0.25) is 14.5 Å². The van der Waals surface area contributed by atoms with E-state index in [1.54, 1.807) is 37.1 Å². The molecule has 1 aromatic rings. The third kappa shape index (κ3) is 3.52. The van der Waals surface area contributed by atoms with E-state index in [2.05, 4.69) is 0 Å². The molecule has 1 aliphatic rings. The van der Waals surface area contributed by atoms with Gasteiger partial charge in [0.05, 0.1) is 13.2 Å². The highest BCUT2D eigenvalue weighted by Crippen LogP contribution is 2.16. The number of nitrogens with two attached hydrogens (primary N) is 1. The molecule has 0 aromatic heterocycles. The van der Waals surface area contributed by atoms with Crippen LogP contribution in [0.5, 0.6) is 5.75 Å². The van der Waals surface area contributed by atoms with Gasteiger partial charge in [0.2, 0.25) is 5.91 Å². The van der Waals surface area contributed by atoms with Gasteiger partial charge in [-0.1, -0.05) is 6.07 Å². The average Bonchev–Trinajstić information content (AvgIpc) is 2.53. The molecule has 2 amide bonds. The lowest BCUT2D eigenvalue weighted by atomic mass is 10.1. The Labute approximate surface area is 124 Å². The number of hydrogen-bond acceptors (Lipinski definition) is 4. The SMILES string of the molecule is COc1cccc(C(=O)N2CCN(C(C)C(N)=O)CC2)c1. The molecule has 2 rings (SSSR count). The highest BCUT2D eigenvalue weighted by Gasteiger charge is 2.26. The van der Waals surface area contributed by atoms with E-state index in [-0.39, 0.29) is 17.9 Å². The van der Waals surface area contributed by atoms with Gasteiger partial charge in [-0.05, 0) is 25.1 Å². The molecule has 1 aromatic carbocycles. The minimum Gasteiger partial charge on any atom is -0.497 e. The lowest BCUT2D eigenvalue weighted by molar-refractivity contribution is -0.123. The number of benzene rings is 1. The average molecular weight is 291 g/mol. The van der Waals surface area contributed by atoms with Crippen LogP contribution < -0.4 is 10.5 Å². The summed E-state index contributed by atoms with van der Waals surface area (Å²) in [6.45, 7) is 4.28. The molecule has 1 aliphatic heterocycles. The van der Waals surface area contributed by atoms with Crippen molar-refractivity contribution in [1.29, 1.82) is 0 Å². The maximum atomic E-state index is 12.4. The van der Waals surface area contributed by atoms with Crippen molar-refractivity contribution < 1.29 is 14.3 Å². The molecule has 0 bridgehead atoms. The van der Waals surface area contributed by atoms with Crippen LogP contribution in [0, 0.1) is 0 Å². The summed E-state index contributed by atoms with van der Waals surface area (Å²) >= 11 is 0.